The number of hydrogen-bond donors (Lipinski definition) is 1. The van der Waals surface area contributed by atoms with E-state index in [1.807, 2.05) is 25.1 Å². The van der Waals surface area contributed by atoms with Crippen LogP contribution in [-0.2, 0) is 11.3 Å². The van der Waals surface area contributed by atoms with Gasteiger partial charge >= 0.3 is 0 Å². The molecule has 0 fully saturated rings. The molecule has 0 radical (unpaired) electrons. The van der Waals surface area contributed by atoms with E-state index >= 15 is 0 Å². The topological polar surface area (TPSA) is 55.6 Å². The molecule has 5 heteroatoms. The summed E-state index contributed by atoms with van der Waals surface area (Å²) in [6, 6.07) is 5.71. The monoisotopic (exact) mass is 312 g/mol. The Labute approximate surface area is 115 Å². The summed E-state index contributed by atoms with van der Waals surface area (Å²) < 4.78 is 6.63. The molecule has 0 aliphatic carbocycles. The Morgan fingerprint density at radius 3 is 3.11 bits per heavy atom. The fraction of sp³-hybridized carbons (Fsp3) is 0.462. The normalized spacial score (nSPS) is 16.5. The quantitative estimate of drug-likeness (QED) is 0.907. The van der Waals surface area contributed by atoms with Gasteiger partial charge in [-0.2, -0.15) is 0 Å². The molecule has 1 aromatic carbocycles. The molecule has 2 N–H and O–H groups in total. The maximum Gasteiger partial charge on any atom is 0.224 e. The highest BCUT2D eigenvalue weighted by Crippen LogP contribution is 2.30. The minimum atomic E-state index is -0.111. The van der Waals surface area contributed by atoms with Gasteiger partial charge in [0.15, 0.2) is 0 Å². The Balaban J connectivity index is 2.18. The summed E-state index contributed by atoms with van der Waals surface area (Å²) in [5.41, 5.74) is 6.70. The fourth-order valence-corrected chi connectivity index (χ4v) is 2.45. The predicted octanol–water partition coefficient (Wildman–Crippen LogP) is 1.91. The molecular formula is C13H17BrN2O2. The molecule has 1 aliphatic rings. The Morgan fingerprint density at radius 2 is 2.39 bits per heavy atom. The molecule has 18 heavy (non-hydrogen) atoms. The molecular weight excluding hydrogens is 296 g/mol. The van der Waals surface area contributed by atoms with Crippen LogP contribution in [0.15, 0.2) is 22.7 Å². The molecule has 0 bridgehead atoms. The van der Waals surface area contributed by atoms with Gasteiger partial charge in [0, 0.05) is 22.5 Å². The van der Waals surface area contributed by atoms with Crippen molar-refractivity contribution in [3.63, 3.8) is 0 Å². The molecule has 2 rings (SSSR count). The second-order valence-corrected chi connectivity index (χ2v) is 5.42. The van der Waals surface area contributed by atoms with Crippen molar-refractivity contribution in [2.45, 2.75) is 25.9 Å². The van der Waals surface area contributed by atoms with E-state index in [4.69, 9.17) is 10.5 Å². The van der Waals surface area contributed by atoms with E-state index in [1.165, 1.54) is 0 Å². The van der Waals surface area contributed by atoms with Gasteiger partial charge in [0.1, 0.15) is 12.4 Å². The highest BCUT2D eigenvalue weighted by atomic mass is 79.9. The Kier molecular flexibility index (Phi) is 4.24. The minimum absolute atomic E-state index is 0.0807. The number of carbonyl (C=O) groups is 1. The first-order chi connectivity index (χ1) is 8.58. The van der Waals surface area contributed by atoms with E-state index in [-0.39, 0.29) is 11.9 Å². The van der Waals surface area contributed by atoms with Crippen LogP contribution in [0, 0.1) is 0 Å². The van der Waals surface area contributed by atoms with Crippen LogP contribution in [0.5, 0.6) is 5.75 Å². The van der Waals surface area contributed by atoms with Crippen LogP contribution < -0.4 is 10.5 Å². The van der Waals surface area contributed by atoms with E-state index in [2.05, 4.69) is 15.9 Å². The summed E-state index contributed by atoms with van der Waals surface area (Å²) in [6.07, 6.45) is 0.375. The second-order valence-electron chi connectivity index (χ2n) is 4.56. The lowest BCUT2D eigenvalue weighted by Crippen LogP contribution is -2.35. The van der Waals surface area contributed by atoms with Gasteiger partial charge in [-0.25, -0.2) is 0 Å². The Hall–Kier alpha value is -1.07. The van der Waals surface area contributed by atoms with Crippen molar-refractivity contribution in [1.29, 1.82) is 0 Å². The molecule has 1 amide bonds. The van der Waals surface area contributed by atoms with Crippen LogP contribution >= 0.6 is 15.9 Å². The zero-order valence-electron chi connectivity index (χ0n) is 10.4. The number of benzene rings is 1. The minimum Gasteiger partial charge on any atom is -0.491 e. The van der Waals surface area contributed by atoms with Gasteiger partial charge in [-0.15, -0.1) is 0 Å². The van der Waals surface area contributed by atoms with Gasteiger partial charge in [0.25, 0.3) is 0 Å². The zero-order valence-corrected chi connectivity index (χ0v) is 11.9. The van der Waals surface area contributed by atoms with Crippen LogP contribution in [0.25, 0.3) is 0 Å². The summed E-state index contributed by atoms with van der Waals surface area (Å²) in [5, 5.41) is 0. The zero-order chi connectivity index (χ0) is 13.1. The van der Waals surface area contributed by atoms with E-state index < -0.39 is 0 Å². The number of halogens is 1. The molecule has 1 aliphatic heterocycles. The summed E-state index contributed by atoms with van der Waals surface area (Å²) >= 11 is 3.50. The maximum atomic E-state index is 12.1. The SMILES string of the molecule is C[C@@H](N)CC(=O)N1CCOc2cccc(Br)c2C1. The molecule has 0 aromatic heterocycles. The van der Waals surface area contributed by atoms with Crippen LogP contribution in [0.3, 0.4) is 0 Å². The lowest BCUT2D eigenvalue weighted by molar-refractivity contribution is -0.132. The number of nitrogens with zero attached hydrogens (tertiary/aromatic N) is 1. The second kappa shape index (κ2) is 5.71. The summed E-state index contributed by atoms with van der Waals surface area (Å²) in [4.78, 5) is 13.9. The van der Waals surface area contributed by atoms with Crippen LogP contribution in [0.2, 0.25) is 0 Å². The number of carbonyl (C=O) groups excluding carboxylic acids is 1. The van der Waals surface area contributed by atoms with E-state index in [1.54, 1.807) is 4.90 Å². The van der Waals surface area contributed by atoms with Crippen molar-refractivity contribution >= 4 is 21.8 Å². The molecule has 0 saturated carbocycles. The van der Waals surface area contributed by atoms with Crippen molar-refractivity contribution in [2.75, 3.05) is 13.2 Å². The number of ether oxygens (including phenoxy) is 1. The summed E-state index contributed by atoms with van der Waals surface area (Å²) in [5.74, 6) is 0.928. The number of hydrogen-bond acceptors (Lipinski definition) is 3. The standard InChI is InChI=1S/C13H17BrN2O2/c1-9(15)7-13(17)16-5-6-18-12-4-2-3-11(14)10(12)8-16/h2-4,9H,5-8,15H2,1H3/t9-/m1/s1. The molecule has 1 aromatic rings. The van der Waals surface area contributed by atoms with Crippen LogP contribution in [-0.4, -0.2) is 30.0 Å². The van der Waals surface area contributed by atoms with Crippen molar-refractivity contribution in [3.8, 4) is 5.75 Å². The average Bonchev–Trinajstić information content (AvgIpc) is 2.51. The summed E-state index contributed by atoms with van der Waals surface area (Å²) in [6.45, 7) is 3.54. The van der Waals surface area contributed by atoms with Crippen molar-refractivity contribution < 1.29 is 9.53 Å². The molecule has 0 unspecified atom stereocenters. The van der Waals surface area contributed by atoms with Gasteiger partial charge in [0.2, 0.25) is 5.91 Å². The fourth-order valence-electron chi connectivity index (χ4n) is 1.98. The number of amides is 1. The molecule has 0 saturated heterocycles. The highest BCUT2D eigenvalue weighted by molar-refractivity contribution is 9.10. The van der Waals surface area contributed by atoms with Crippen LogP contribution in [0.1, 0.15) is 18.9 Å². The van der Waals surface area contributed by atoms with Gasteiger partial charge < -0.3 is 15.4 Å². The Morgan fingerprint density at radius 1 is 1.61 bits per heavy atom. The third-order valence-electron chi connectivity index (χ3n) is 2.89. The third-order valence-corrected chi connectivity index (χ3v) is 3.64. The van der Waals surface area contributed by atoms with E-state index in [0.717, 1.165) is 15.8 Å². The summed E-state index contributed by atoms with van der Waals surface area (Å²) in [7, 11) is 0. The molecule has 1 heterocycles. The van der Waals surface area contributed by atoms with Crippen molar-refractivity contribution in [1.82, 2.24) is 4.90 Å². The molecule has 0 spiro atoms. The van der Waals surface area contributed by atoms with Gasteiger partial charge in [-0.05, 0) is 19.1 Å². The van der Waals surface area contributed by atoms with Crippen molar-refractivity contribution in [2.24, 2.45) is 5.73 Å². The smallest absolute Gasteiger partial charge is 0.224 e. The highest BCUT2D eigenvalue weighted by Gasteiger charge is 2.21. The lowest BCUT2D eigenvalue weighted by Gasteiger charge is -2.21. The predicted molar refractivity (Wildman–Crippen MR) is 73.3 cm³/mol. The number of nitrogens with two attached hydrogens (primary N) is 1. The molecule has 1 atom stereocenters. The third kappa shape index (κ3) is 3.03. The van der Waals surface area contributed by atoms with E-state index in [0.29, 0.717) is 26.1 Å². The first-order valence-corrected chi connectivity index (χ1v) is 6.81. The van der Waals surface area contributed by atoms with Crippen LogP contribution in [0.4, 0.5) is 0 Å². The van der Waals surface area contributed by atoms with E-state index in [9.17, 15) is 4.79 Å². The average molecular weight is 313 g/mol. The lowest BCUT2D eigenvalue weighted by atomic mass is 10.1. The largest absolute Gasteiger partial charge is 0.491 e. The first-order valence-electron chi connectivity index (χ1n) is 6.01. The Bertz CT molecular complexity index is 449. The van der Waals surface area contributed by atoms with Crippen molar-refractivity contribution in [3.05, 3.63) is 28.2 Å². The van der Waals surface area contributed by atoms with Gasteiger partial charge in [-0.3, -0.25) is 4.79 Å². The molecule has 4 nitrogen and oxygen atoms in total. The van der Waals surface area contributed by atoms with Gasteiger partial charge in [-0.1, -0.05) is 22.0 Å². The maximum absolute atomic E-state index is 12.1. The van der Waals surface area contributed by atoms with Gasteiger partial charge in [0.05, 0.1) is 13.1 Å². The molecule has 98 valence electrons. The number of rotatable bonds is 2. The number of fused-ring (bicyclic) bond motifs is 1. The first kappa shape index (κ1) is 13.4.